The van der Waals surface area contributed by atoms with E-state index < -0.39 is 5.97 Å². The number of thiophene rings is 1. The molecule has 0 atom stereocenters. The summed E-state index contributed by atoms with van der Waals surface area (Å²) in [5.74, 6) is -0.168. The summed E-state index contributed by atoms with van der Waals surface area (Å²) in [7, 11) is 1.98. The summed E-state index contributed by atoms with van der Waals surface area (Å²) < 4.78 is 0. The number of aromatic carboxylic acids is 1. The average Bonchev–Trinajstić information content (AvgIpc) is 2.91. The minimum absolute atomic E-state index is 0.175. The third kappa shape index (κ3) is 3.20. The van der Waals surface area contributed by atoms with Gasteiger partial charge >= 0.3 is 5.97 Å². The zero-order chi connectivity index (χ0) is 17.5. The number of nitrogens with zero attached hydrogens (tertiary/aromatic N) is 1. The number of hydrogen-bond acceptors (Lipinski definition) is 4. The van der Waals surface area contributed by atoms with E-state index in [1.165, 1.54) is 4.88 Å². The first-order chi connectivity index (χ1) is 11.3. The molecule has 128 valence electrons. The Morgan fingerprint density at radius 3 is 2.58 bits per heavy atom. The summed E-state index contributed by atoms with van der Waals surface area (Å²) in [6.07, 6.45) is 2.94. The van der Waals surface area contributed by atoms with Gasteiger partial charge < -0.3 is 10.0 Å². The van der Waals surface area contributed by atoms with Crippen LogP contribution in [0.25, 0.3) is 10.4 Å². The van der Waals surface area contributed by atoms with Crippen molar-refractivity contribution in [2.45, 2.75) is 33.1 Å². The SMILES string of the molecule is CN(CS)c1ccc(-c2sc3c(c2C(=O)O)CC(C)(C)CC3)cc1. The lowest BCUT2D eigenvalue weighted by molar-refractivity contribution is 0.0696. The molecule has 1 aliphatic carbocycles. The van der Waals surface area contributed by atoms with Crippen LogP contribution in [0.4, 0.5) is 5.69 Å². The summed E-state index contributed by atoms with van der Waals surface area (Å²) >= 11 is 5.94. The molecule has 3 nitrogen and oxygen atoms in total. The second kappa shape index (κ2) is 6.45. The van der Waals surface area contributed by atoms with Crippen molar-refractivity contribution in [1.29, 1.82) is 0 Å². The topological polar surface area (TPSA) is 40.5 Å². The standard InChI is InChI=1S/C19H23NO2S2/c1-19(2)9-8-15-14(10-19)16(18(21)22)17(24-15)12-4-6-13(7-5-12)20(3)11-23/h4-7,23H,8-11H2,1-3H3,(H,21,22). The van der Waals surface area contributed by atoms with E-state index in [9.17, 15) is 9.90 Å². The van der Waals surface area contributed by atoms with E-state index >= 15 is 0 Å². The van der Waals surface area contributed by atoms with Crippen molar-refractivity contribution < 1.29 is 9.90 Å². The van der Waals surface area contributed by atoms with E-state index in [0.717, 1.165) is 41.0 Å². The van der Waals surface area contributed by atoms with E-state index in [-0.39, 0.29) is 5.41 Å². The van der Waals surface area contributed by atoms with Crippen molar-refractivity contribution in [3.8, 4) is 10.4 Å². The molecule has 0 saturated heterocycles. The highest BCUT2D eigenvalue weighted by molar-refractivity contribution is 7.80. The van der Waals surface area contributed by atoms with Gasteiger partial charge in [0.25, 0.3) is 0 Å². The minimum atomic E-state index is -0.809. The molecule has 0 amide bonds. The van der Waals surface area contributed by atoms with E-state index in [1.807, 2.05) is 36.2 Å². The van der Waals surface area contributed by atoms with Gasteiger partial charge in [-0.15, -0.1) is 11.3 Å². The maximum absolute atomic E-state index is 11.9. The molecule has 1 heterocycles. The highest BCUT2D eigenvalue weighted by atomic mass is 32.1. The lowest BCUT2D eigenvalue weighted by Crippen LogP contribution is -2.22. The predicted octanol–water partition coefficient (Wildman–Crippen LogP) is 4.95. The Bertz CT molecular complexity index is 762. The fourth-order valence-corrected chi connectivity index (χ4v) is 4.78. The van der Waals surface area contributed by atoms with Crippen LogP contribution in [0.15, 0.2) is 24.3 Å². The van der Waals surface area contributed by atoms with Crippen LogP contribution in [0.1, 0.15) is 41.1 Å². The van der Waals surface area contributed by atoms with Crippen LogP contribution in [0, 0.1) is 5.41 Å². The van der Waals surface area contributed by atoms with Gasteiger partial charge in [0.2, 0.25) is 0 Å². The maximum Gasteiger partial charge on any atom is 0.337 e. The Labute approximate surface area is 152 Å². The number of thiol groups is 1. The van der Waals surface area contributed by atoms with Crippen LogP contribution in [0.5, 0.6) is 0 Å². The van der Waals surface area contributed by atoms with Crippen molar-refractivity contribution in [3.05, 3.63) is 40.3 Å². The van der Waals surface area contributed by atoms with Gasteiger partial charge in [-0.1, -0.05) is 26.0 Å². The van der Waals surface area contributed by atoms with Crippen molar-refractivity contribution in [1.82, 2.24) is 0 Å². The zero-order valence-corrected chi connectivity index (χ0v) is 16.0. The second-order valence-electron chi connectivity index (χ2n) is 7.24. The molecule has 0 saturated carbocycles. The Hall–Kier alpha value is -1.46. The molecule has 1 N–H and O–H groups in total. The molecule has 2 aromatic rings. The molecule has 5 heteroatoms. The van der Waals surface area contributed by atoms with Crippen molar-refractivity contribution in [2.75, 3.05) is 17.8 Å². The van der Waals surface area contributed by atoms with Crippen LogP contribution in [0.2, 0.25) is 0 Å². The number of benzene rings is 1. The molecule has 1 aliphatic rings. The molecule has 1 aromatic carbocycles. The summed E-state index contributed by atoms with van der Waals surface area (Å²) in [5.41, 5.74) is 3.80. The third-order valence-corrected chi connectivity index (χ3v) is 6.54. The minimum Gasteiger partial charge on any atom is -0.478 e. The van der Waals surface area contributed by atoms with E-state index in [0.29, 0.717) is 11.4 Å². The van der Waals surface area contributed by atoms with Crippen LogP contribution >= 0.6 is 24.0 Å². The Morgan fingerprint density at radius 2 is 2.00 bits per heavy atom. The number of fused-ring (bicyclic) bond motifs is 1. The normalized spacial score (nSPS) is 15.8. The smallest absolute Gasteiger partial charge is 0.337 e. The van der Waals surface area contributed by atoms with Crippen molar-refractivity contribution in [2.24, 2.45) is 5.41 Å². The molecular weight excluding hydrogens is 338 g/mol. The van der Waals surface area contributed by atoms with Crippen LogP contribution < -0.4 is 4.90 Å². The van der Waals surface area contributed by atoms with E-state index in [4.69, 9.17) is 0 Å². The summed E-state index contributed by atoms with van der Waals surface area (Å²) in [6, 6.07) is 8.09. The number of aryl methyl sites for hydroxylation is 1. The molecule has 0 spiro atoms. The largest absolute Gasteiger partial charge is 0.478 e. The Morgan fingerprint density at radius 1 is 1.33 bits per heavy atom. The van der Waals surface area contributed by atoms with Gasteiger partial charge in [-0.2, -0.15) is 12.6 Å². The van der Waals surface area contributed by atoms with Gasteiger partial charge in [-0.3, -0.25) is 0 Å². The highest BCUT2D eigenvalue weighted by Crippen LogP contribution is 2.45. The first-order valence-electron chi connectivity index (χ1n) is 8.12. The van der Waals surface area contributed by atoms with E-state index in [2.05, 4.69) is 26.5 Å². The lowest BCUT2D eigenvalue weighted by atomic mass is 9.76. The Kier molecular flexibility index (Phi) is 4.67. The average molecular weight is 362 g/mol. The predicted molar refractivity (Wildman–Crippen MR) is 105 cm³/mol. The van der Waals surface area contributed by atoms with Gasteiger partial charge in [0.15, 0.2) is 0 Å². The maximum atomic E-state index is 11.9. The van der Waals surface area contributed by atoms with Gasteiger partial charge in [-0.25, -0.2) is 4.79 Å². The molecule has 0 radical (unpaired) electrons. The first-order valence-corrected chi connectivity index (χ1v) is 9.57. The van der Waals surface area contributed by atoms with Crippen molar-refractivity contribution in [3.63, 3.8) is 0 Å². The van der Waals surface area contributed by atoms with E-state index in [1.54, 1.807) is 11.3 Å². The summed E-state index contributed by atoms with van der Waals surface area (Å²) in [5, 5.41) is 9.81. The Balaban J connectivity index is 2.05. The van der Waals surface area contributed by atoms with Gasteiger partial charge in [-0.05, 0) is 47.9 Å². The number of carboxylic acid groups (broad SMARTS) is 1. The monoisotopic (exact) mass is 361 g/mol. The zero-order valence-electron chi connectivity index (χ0n) is 14.3. The van der Waals surface area contributed by atoms with Crippen molar-refractivity contribution >= 4 is 35.6 Å². The van der Waals surface area contributed by atoms with Crippen LogP contribution in [-0.4, -0.2) is 24.0 Å². The third-order valence-electron chi connectivity index (χ3n) is 4.77. The molecular formula is C19H23NO2S2. The van der Waals surface area contributed by atoms with Crippen LogP contribution in [0.3, 0.4) is 0 Å². The number of carbonyl (C=O) groups is 1. The second-order valence-corrected chi connectivity index (χ2v) is 8.63. The fraction of sp³-hybridized carbons (Fsp3) is 0.421. The number of carboxylic acids is 1. The summed E-state index contributed by atoms with van der Waals surface area (Å²) in [4.78, 5) is 16.1. The lowest BCUT2D eigenvalue weighted by Gasteiger charge is -2.29. The molecule has 0 unspecified atom stereocenters. The van der Waals surface area contributed by atoms with Gasteiger partial charge in [0.05, 0.1) is 11.4 Å². The molecule has 0 bridgehead atoms. The summed E-state index contributed by atoms with van der Waals surface area (Å²) in [6.45, 7) is 4.45. The molecule has 0 fully saturated rings. The highest BCUT2D eigenvalue weighted by Gasteiger charge is 2.32. The van der Waals surface area contributed by atoms with Gasteiger partial charge in [0.1, 0.15) is 0 Å². The van der Waals surface area contributed by atoms with Crippen LogP contribution in [-0.2, 0) is 12.8 Å². The molecule has 3 rings (SSSR count). The first kappa shape index (κ1) is 17.4. The number of anilines is 1. The number of rotatable bonds is 4. The number of hydrogen-bond donors (Lipinski definition) is 2. The molecule has 24 heavy (non-hydrogen) atoms. The fourth-order valence-electron chi connectivity index (χ4n) is 3.30. The molecule has 1 aromatic heterocycles. The quantitative estimate of drug-likeness (QED) is 0.598. The van der Waals surface area contributed by atoms with Gasteiger partial charge in [0, 0.05) is 22.5 Å². The molecule has 0 aliphatic heterocycles.